The van der Waals surface area contributed by atoms with Crippen LogP contribution in [0.25, 0.3) is 0 Å². The lowest BCUT2D eigenvalue weighted by Crippen LogP contribution is -2.47. The molecule has 1 rings (SSSR count). The summed E-state index contributed by atoms with van der Waals surface area (Å²) in [5.41, 5.74) is 6.16. The number of nitrogens with zero attached hydrogens (tertiary/aromatic N) is 1. The zero-order chi connectivity index (χ0) is 15.5. The van der Waals surface area contributed by atoms with Crippen LogP contribution in [0.4, 0.5) is 13.2 Å². The highest BCUT2D eigenvalue weighted by Gasteiger charge is 2.35. The Bertz CT molecular complexity index is 419. The van der Waals surface area contributed by atoms with Gasteiger partial charge in [-0.2, -0.15) is 0 Å². The molecule has 0 aromatic carbocycles. The first kappa shape index (κ1) is 16.7. The third-order valence-electron chi connectivity index (χ3n) is 2.94. The van der Waals surface area contributed by atoms with Gasteiger partial charge in [-0.25, -0.2) is 0 Å². The minimum Gasteiger partial charge on any atom is -0.481 e. The van der Waals surface area contributed by atoms with Crippen molar-refractivity contribution < 1.29 is 27.8 Å². The van der Waals surface area contributed by atoms with Gasteiger partial charge >= 0.3 is 12.3 Å². The molecule has 20 heavy (non-hydrogen) atoms. The van der Waals surface area contributed by atoms with E-state index < -0.39 is 30.5 Å². The molecule has 0 bridgehead atoms. The lowest BCUT2D eigenvalue weighted by Gasteiger charge is -2.28. The summed E-state index contributed by atoms with van der Waals surface area (Å²) in [5.74, 6) is -2.13. The topological polar surface area (TPSA) is 75.8 Å². The van der Waals surface area contributed by atoms with Crippen LogP contribution in [0.1, 0.15) is 6.42 Å². The molecule has 0 saturated carbocycles. The Kier molecular flexibility index (Phi) is 5.32. The fourth-order valence-corrected chi connectivity index (χ4v) is 1.89. The maximum atomic E-state index is 12.1. The molecule has 1 aliphatic carbocycles. The van der Waals surface area contributed by atoms with Crippen molar-refractivity contribution in [3.8, 4) is 0 Å². The molecular weight excluding hydrogens is 277 g/mol. The minimum atomic E-state index is -4.72. The van der Waals surface area contributed by atoms with E-state index in [1.807, 2.05) is 0 Å². The van der Waals surface area contributed by atoms with Crippen LogP contribution in [0.2, 0.25) is 0 Å². The van der Waals surface area contributed by atoms with Crippen molar-refractivity contribution >= 4 is 5.97 Å². The summed E-state index contributed by atoms with van der Waals surface area (Å²) in [5, 5.41) is 9.20. The van der Waals surface area contributed by atoms with Crippen LogP contribution < -0.4 is 5.73 Å². The summed E-state index contributed by atoms with van der Waals surface area (Å²) in [7, 11) is 3.26. The van der Waals surface area contributed by atoms with Crippen LogP contribution in [-0.4, -0.2) is 48.7 Å². The van der Waals surface area contributed by atoms with E-state index in [1.165, 1.54) is 23.1 Å². The zero-order valence-electron chi connectivity index (χ0n) is 11.1. The maximum Gasteiger partial charge on any atom is 0.523 e. The lowest BCUT2D eigenvalue weighted by atomic mass is 9.90. The van der Waals surface area contributed by atoms with Crippen LogP contribution in [0, 0.1) is 5.92 Å². The van der Waals surface area contributed by atoms with Crippen molar-refractivity contribution in [2.75, 3.05) is 14.1 Å². The van der Waals surface area contributed by atoms with Gasteiger partial charge in [-0.15, -0.1) is 13.2 Å². The molecule has 114 valence electrons. The Morgan fingerprint density at radius 2 is 2.15 bits per heavy atom. The van der Waals surface area contributed by atoms with Crippen LogP contribution >= 0.6 is 0 Å². The van der Waals surface area contributed by atoms with Crippen LogP contribution in [0.5, 0.6) is 0 Å². The second-order valence-corrected chi connectivity index (χ2v) is 4.67. The third kappa shape index (κ3) is 4.62. The molecule has 3 atom stereocenters. The number of nitrogens with two attached hydrogens (primary N) is 1. The number of carboxylic acids is 1. The molecular formula is C12H17F3N2O3. The lowest BCUT2D eigenvalue weighted by molar-refractivity contribution is -0.336. The number of carbonyl (C=O) groups is 1. The number of aliphatic carboxylic acids is 1. The van der Waals surface area contributed by atoms with Crippen molar-refractivity contribution in [3.05, 3.63) is 23.8 Å². The molecule has 8 heteroatoms. The van der Waals surface area contributed by atoms with Gasteiger partial charge in [0.05, 0.1) is 12.3 Å². The number of carboxylic acid groups (broad SMARTS) is 1. The smallest absolute Gasteiger partial charge is 0.481 e. The fraction of sp³-hybridized carbons (Fsp3) is 0.583. The standard InChI is InChI=1S/C12H17F3N2O3/c1-17(2)10(16)9(11(18)19)7-3-5-8(6-4-7)20-12(13,14)15/h3-5,8-10H,6,16H2,1-2H3,(H,18,19). The summed E-state index contributed by atoms with van der Waals surface area (Å²) in [6, 6.07) is 0. The van der Waals surface area contributed by atoms with Crippen molar-refractivity contribution in [2.24, 2.45) is 11.7 Å². The molecule has 0 radical (unpaired) electrons. The monoisotopic (exact) mass is 294 g/mol. The van der Waals surface area contributed by atoms with Crippen molar-refractivity contribution in [2.45, 2.75) is 25.1 Å². The van der Waals surface area contributed by atoms with Gasteiger partial charge < -0.3 is 10.8 Å². The van der Waals surface area contributed by atoms with Gasteiger partial charge in [-0.1, -0.05) is 18.2 Å². The Morgan fingerprint density at radius 1 is 1.55 bits per heavy atom. The van der Waals surface area contributed by atoms with Crippen LogP contribution in [0.3, 0.4) is 0 Å². The van der Waals surface area contributed by atoms with Gasteiger partial charge in [-0.05, 0) is 26.1 Å². The van der Waals surface area contributed by atoms with Gasteiger partial charge in [0.15, 0.2) is 0 Å². The second kappa shape index (κ2) is 6.38. The summed E-state index contributed by atoms with van der Waals surface area (Å²) in [6.45, 7) is 0. The first-order chi connectivity index (χ1) is 9.11. The number of hydrogen-bond donors (Lipinski definition) is 2. The summed E-state index contributed by atoms with van der Waals surface area (Å²) in [6.07, 6.45) is -2.74. The first-order valence-electron chi connectivity index (χ1n) is 5.89. The first-order valence-corrected chi connectivity index (χ1v) is 5.89. The Morgan fingerprint density at radius 3 is 2.50 bits per heavy atom. The van der Waals surface area contributed by atoms with Crippen molar-refractivity contribution in [3.63, 3.8) is 0 Å². The summed E-state index contributed by atoms with van der Waals surface area (Å²) in [4.78, 5) is 12.8. The molecule has 3 unspecified atom stereocenters. The molecule has 0 aromatic rings. The SMILES string of the molecule is CN(C)C(N)C(C(=O)O)C1=CCC(OC(F)(F)F)C=C1. The maximum absolute atomic E-state index is 12.1. The average Bonchev–Trinajstić information content (AvgIpc) is 2.29. The van der Waals surface area contributed by atoms with Crippen molar-refractivity contribution in [1.29, 1.82) is 0 Å². The molecule has 5 nitrogen and oxygen atoms in total. The molecule has 0 fully saturated rings. The molecule has 0 aromatic heterocycles. The van der Waals surface area contributed by atoms with Gasteiger partial charge in [0.2, 0.25) is 0 Å². The largest absolute Gasteiger partial charge is 0.523 e. The molecule has 3 N–H and O–H groups in total. The van der Waals surface area contributed by atoms with Crippen molar-refractivity contribution in [1.82, 2.24) is 4.90 Å². The minimum absolute atomic E-state index is 0.0464. The normalized spacial score (nSPS) is 22.6. The number of alkyl halides is 3. The van der Waals surface area contributed by atoms with Crippen LogP contribution in [-0.2, 0) is 9.53 Å². The molecule has 0 amide bonds. The van der Waals surface area contributed by atoms with Gasteiger partial charge in [-0.3, -0.25) is 14.4 Å². The van der Waals surface area contributed by atoms with E-state index in [0.717, 1.165) is 0 Å². The highest BCUT2D eigenvalue weighted by Crippen LogP contribution is 2.27. The molecule has 0 saturated heterocycles. The highest BCUT2D eigenvalue weighted by molar-refractivity contribution is 5.75. The predicted molar refractivity (Wildman–Crippen MR) is 65.6 cm³/mol. The van der Waals surface area contributed by atoms with E-state index in [9.17, 15) is 23.1 Å². The number of hydrogen-bond acceptors (Lipinski definition) is 4. The third-order valence-corrected chi connectivity index (χ3v) is 2.94. The molecule has 0 heterocycles. The van der Waals surface area contributed by atoms with Crippen LogP contribution in [0.15, 0.2) is 23.8 Å². The van der Waals surface area contributed by atoms with E-state index in [4.69, 9.17) is 5.73 Å². The molecule has 1 aliphatic rings. The van der Waals surface area contributed by atoms with E-state index in [2.05, 4.69) is 4.74 Å². The van der Waals surface area contributed by atoms with E-state index in [-0.39, 0.29) is 6.42 Å². The van der Waals surface area contributed by atoms with Gasteiger partial charge in [0, 0.05) is 0 Å². The molecule has 0 aliphatic heterocycles. The van der Waals surface area contributed by atoms with Gasteiger partial charge in [0.1, 0.15) is 5.92 Å². The summed E-state index contributed by atoms with van der Waals surface area (Å²) >= 11 is 0. The number of halogens is 3. The predicted octanol–water partition coefficient (Wildman–Crippen LogP) is 1.32. The van der Waals surface area contributed by atoms with E-state index in [0.29, 0.717) is 5.57 Å². The highest BCUT2D eigenvalue weighted by atomic mass is 19.4. The quantitative estimate of drug-likeness (QED) is 0.748. The summed E-state index contributed by atoms with van der Waals surface area (Å²) < 4.78 is 40.0. The fourth-order valence-electron chi connectivity index (χ4n) is 1.89. The number of rotatable bonds is 5. The van der Waals surface area contributed by atoms with E-state index >= 15 is 0 Å². The van der Waals surface area contributed by atoms with Gasteiger partial charge in [0.25, 0.3) is 0 Å². The Balaban J connectivity index is 2.78. The van der Waals surface area contributed by atoms with E-state index in [1.54, 1.807) is 14.1 Å². The number of allylic oxidation sites excluding steroid dienone is 1. The molecule has 0 spiro atoms. The zero-order valence-corrected chi connectivity index (χ0v) is 11.1. The average molecular weight is 294 g/mol. The second-order valence-electron chi connectivity index (χ2n) is 4.67. The Hall–Kier alpha value is -1.38. The number of ether oxygens (including phenoxy) is 1. The Labute approximate surface area is 114 Å².